The number of rotatable bonds is 9. The number of hydrogen-bond acceptors (Lipinski definition) is 2. The van der Waals surface area contributed by atoms with Crippen molar-refractivity contribution >= 4 is 48.6 Å². The van der Waals surface area contributed by atoms with E-state index in [1.54, 1.807) is 0 Å². The van der Waals surface area contributed by atoms with Gasteiger partial charge in [-0.2, -0.15) is 0 Å². The maximum atomic E-state index is 4.86. The van der Waals surface area contributed by atoms with Gasteiger partial charge in [0, 0.05) is 37.2 Å². The molecule has 0 N–H and O–H groups in total. The summed E-state index contributed by atoms with van der Waals surface area (Å²) in [6.45, 7) is 4.86. The van der Waals surface area contributed by atoms with E-state index in [1.165, 1.54) is 86.9 Å². The van der Waals surface area contributed by atoms with E-state index in [9.17, 15) is 0 Å². The van der Waals surface area contributed by atoms with Gasteiger partial charge in [-0.25, -0.2) is 0 Å². The fourth-order valence-electron chi connectivity index (χ4n) is 12.9. The maximum Gasteiger partial charge on any atom is 0.0713 e. The highest BCUT2D eigenvalue weighted by atomic mass is 32.1. The van der Waals surface area contributed by atoms with Crippen LogP contribution in [0.3, 0.4) is 0 Å². The number of benzene rings is 11. The van der Waals surface area contributed by atoms with Gasteiger partial charge in [0.2, 0.25) is 0 Å². The van der Waals surface area contributed by atoms with E-state index in [0.717, 1.165) is 40.2 Å². The molecular weight excluding hydrogens is 947 g/mol. The van der Waals surface area contributed by atoms with Crippen LogP contribution in [0.4, 0.5) is 17.1 Å². The van der Waals surface area contributed by atoms with E-state index in [4.69, 9.17) is 6.58 Å². The van der Waals surface area contributed by atoms with Crippen molar-refractivity contribution in [1.29, 1.82) is 0 Å². The summed E-state index contributed by atoms with van der Waals surface area (Å²) < 4.78 is 2.64. The van der Waals surface area contributed by atoms with Gasteiger partial charge in [0.05, 0.1) is 10.8 Å². The van der Waals surface area contributed by atoms with Gasteiger partial charge >= 0.3 is 0 Å². The quantitative estimate of drug-likeness (QED) is 0.139. The van der Waals surface area contributed by atoms with Gasteiger partial charge in [0.25, 0.3) is 0 Å². The largest absolute Gasteiger partial charge is 0.311 e. The molecule has 2 heteroatoms. The molecule has 1 aromatic heterocycles. The van der Waals surface area contributed by atoms with Crippen LogP contribution in [0, 0.1) is 0 Å². The Morgan fingerprint density at radius 3 is 1.53 bits per heavy atom. The molecule has 2 aliphatic carbocycles. The molecule has 0 spiro atoms. The fraction of sp³-hybridized carbons (Fsp3) is 0.0400. The van der Waals surface area contributed by atoms with Crippen molar-refractivity contribution in [3.8, 4) is 33.4 Å². The van der Waals surface area contributed by atoms with Crippen LogP contribution in [-0.2, 0) is 17.3 Å². The van der Waals surface area contributed by atoms with Crippen molar-refractivity contribution in [1.82, 2.24) is 0 Å². The molecule has 1 atom stereocenters. The molecule has 0 saturated heterocycles. The summed E-state index contributed by atoms with van der Waals surface area (Å²) in [6.07, 6.45) is 9.56. The Morgan fingerprint density at radius 1 is 0.364 bits per heavy atom. The van der Waals surface area contributed by atoms with Crippen LogP contribution in [0.5, 0.6) is 0 Å². The zero-order chi connectivity index (χ0) is 51.3. The first kappa shape index (κ1) is 46.2. The summed E-state index contributed by atoms with van der Waals surface area (Å²) in [5, 5.41) is 2.63. The SMILES string of the molecule is C=C1/C=C\C=C/Cc2ccccc2C1(c1ccccc1)c1ccc(N(c2ccc(-c3cccc(-c4cccc5c4sc4ccccc45)c3)cc2)c2ccc(C3(c4ccccc4)c4ccccc4-c4ccccc43)cc2)cc1. The molecule has 12 aromatic rings. The van der Waals surface area contributed by atoms with Crippen molar-refractivity contribution in [3.05, 3.63) is 354 Å². The van der Waals surface area contributed by atoms with Crippen LogP contribution >= 0.6 is 11.3 Å². The minimum atomic E-state index is -0.635. The first-order valence-electron chi connectivity index (χ1n) is 26.6. The molecule has 1 nitrogen and oxygen atoms in total. The normalized spacial score (nSPS) is 16.1. The van der Waals surface area contributed by atoms with Gasteiger partial charge in [-0.15, -0.1) is 11.3 Å². The van der Waals surface area contributed by atoms with E-state index in [0.29, 0.717) is 0 Å². The summed E-state index contributed by atoms with van der Waals surface area (Å²) in [5.41, 5.74) is 20.5. The van der Waals surface area contributed by atoms with E-state index in [2.05, 4.69) is 302 Å². The van der Waals surface area contributed by atoms with Crippen LogP contribution in [0.15, 0.2) is 309 Å². The first-order valence-corrected chi connectivity index (χ1v) is 27.5. The lowest BCUT2D eigenvalue weighted by Crippen LogP contribution is -2.32. The highest BCUT2D eigenvalue weighted by Crippen LogP contribution is 2.56. The molecule has 0 saturated carbocycles. The lowest BCUT2D eigenvalue weighted by atomic mass is 9.63. The minimum Gasteiger partial charge on any atom is -0.311 e. The fourth-order valence-corrected chi connectivity index (χ4v) is 14.1. The molecule has 0 fully saturated rings. The zero-order valence-corrected chi connectivity index (χ0v) is 43.4. The summed E-state index contributed by atoms with van der Waals surface area (Å²) in [6, 6.07) is 101. The van der Waals surface area contributed by atoms with Crippen molar-refractivity contribution in [2.75, 3.05) is 4.90 Å². The zero-order valence-electron chi connectivity index (χ0n) is 42.6. The second-order valence-electron chi connectivity index (χ2n) is 20.3. The van der Waals surface area contributed by atoms with Crippen LogP contribution in [0.2, 0.25) is 0 Å². The van der Waals surface area contributed by atoms with E-state index < -0.39 is 10.8 Å². The van der Waals surface area contributed by atoms with Gasteiger partial charge in [-0.05, 0) is 138 Å². The monoisotopic (exact) mass is 999 g/mol. The number of allylic oxidation sites excluding steroid dienone is 5. The summed E-state index contributed by atoms with van der Waals surface area (Å²) >= 11 is 1.88. The standard InChI is InChI=1S/C75H53NS/c1-52-21-5-2-6-22-54-23-11-15-35-69(54)74(52,57-26-7-3-8-27-57)59-41-47-62(48-42-59)76(61-45-39-53(40-46-61)55-24-19-25-56(51-55)64-33-20-34-68-67-32-14-18-38-72(67)77-73(64)68)63-49-43-60(44-50-63)75(58-28-9-4-10-29-58)70-36-16-12-30-65(70)66-31-13-17-37-71(66)75/h2-21,23-51H,1,22H2/b6-2-,21-5-. The first-order chi connectivity index (χ1) is 38.1. The molecule has 77 heavy (non-hydrogen) atoms. The molecule has 11 aromatic carbocycles. The van der Waals surface area contributed by atoms with E-state index >= 15 is 0 Å². The predicted molar refractivity (Wildman–Crippen MR) is 326 cm³/mol. The molecule has 0 bridgehead atoms. The van der Waals surface area contributed by atoms with Crippen LogP contribution in [0.1, 0.15) is 44.5 Å². The Hall–Kier alpha value is -9.34. The number of fused-ring (bicyclic) bond motifs is 7. The lowest BCUT2D eigenvalue weighted by molar-refractivity contribution is 0.737. The summed E-state index contributed by atoms with van der Waals surface area (Å²) in [4.78, 5) is 2.41. The van der Waals surface area contributed by atoms with Gasteiger partial charge < -0.3 is 4.90 Å². The van der Waals surface area contributed by atoms with Crippen LogP contribution in [0.25, 0.3) is 53.6 Å². The molecule has 0 aliphatic heterocycles. The second-order valence-corrected chi connectivity index (χ2v) is 21.4. The third-order valence-corrected chi connectivity index (χ3v) is 17.5. The van der Waals surface area contributed by atoms with Crippen molar-refractivity contribution in [3.63, 3.8) is 0 Å². The third kappa shape index (κ3) is 7.51. The van der Waals surface area contributed by atoms with Gasteiger partial charge in [0.15, 0.2) is 0 Å². The van der Waals surface area contributed by atoms with Crippen molar-refractivity contribution in [2.45, 2.75) is 17.3 Å². The number of anilines is 3. The number of hydrogen-bond donors (Lipinski definition) is 0. The highest BCUT2D eigenvalue weighted by Gasteiger charge is 2.46. The minimum absolute atomic E-state index is 0.497. The van der Waals surface area contributed by atoms with Crippen molar-refractivity contribution in [2.24, 2.45) is 0 Å². The smallest absolute Gasteiger partial charge is 0.0713 e. The molecule has 364 valence electrons. The third-order valence-electron chi connectivity index (χ3n) is 16.3. The van der Waals surface area contributed by atoms with E-state index in [-0.39, 0.29) is 0 Å². The van der Waals surface area contributed by atoms with Crippen LogP contribution < -0.4 is 4.90 Å². The molecule has 1 unspecified atom stereocenters. The Morgan fingerprint density at radius 2 is 0.857 bits per heavy atom. The van der Waals surface area contributed by atoms with Gasteiger partial charge in [-0.1, -0.05) is 255 Å². The van der Waals surface area contributed by atoms with E-state index in [1.807, 2.05) is 11.3 Å². The average molecular weight is 1000 g/mol. The molecule has 0 amide bonds. The van der Waals surface area contributed by atoms with Gasteiger partial charge in [-0.3, -0.25) is 0 Å². The van der Waals surface area contributed by atoms with Crippen molar-refractivity contribution < 1.29 is 0 Å². The average Bonchev–Trinajstić information content (AvgIpc) is 4.27. The lowest BCUT2D eigenvalue weighted by Gasteiger charge is -2.38. The molecular formula is C75H53NS. The number of thiophene rings is 1. The van der Waals surface area contributed by atoms with Crippen LogP contribution in [-0.4, -0.2) is 0 Å². The maximum absolute atomic E-state index is 4.86. The molecule has 14 rings (SSSR count). The molecule has 0 radical (unpaired) electrons. The Labute approximate surface area is 455 Å². The van der Waals surface area contributed by atoms with Gasteiger partial charge in [0.1, 0.15) is 0 Å². The number of nitrogens with zero attached hydrogens (tertiary/aromatic N) is 1. The molecule has 1 heterocycles. The highest BCUT2D eigenvalue weighted by molar-refractivity contribution is 7.26. The Kier molecular flexibility index (Phi) is 11.5. The predicted octanol–water partition coefficient (Wildman–Crippen LogP) is 19.8. The topological polar surface area (TPSA) is 3.24 Å². The summed E-state index contributed by atoms with van der Waals surface area (Å²) in [5.74, 6) is 0. The second kappa shape index (κ2) is 19.1. The Balaban J connectivity index is 0.909. The Bertz CT molecular complexity index is 4190. The summed E-state index contributed by atoms with van der Waals surface area (Å²) in [7, 11) is 0. The molecule has 2 aliphatic rings.